The van der Waals surface area contributed by atoms with Gasteiger partial charge in [-0.15, -0.1) is 0 Å². The van der Waals surface area contributed by atoms with Gasteiger partial charge in [-0.05, 0) is 17.7 Å². The third kappa shape index (κ3) is 3.29. The Hall–Kier alpha value is -2.94. The van der Waals surface area contributed by atoms with Crippen LogP contribution in [0.3, 0.4) is 0 Å². The van der Waals surface area contributed by atoms with Gasteiger partial charge in [-0.1, -0.05) is 12.1 Å². The molecule has 100 valence electrons. The standard InChI is InChI=1S/C14H13N5O/c1-16-14(20)11-4-2-10(3-5-11)7-18-13-9-17-12(6-15)8-19-13/h2-5,8-9H,7H2,1H3,(H,16,20)(H,18,19). The first-order valence-corrected chi connectivity index (χ1v) is 6.00. The maximum absolute atomic E-state index is 11.4. The smallest absolute Gasteiger partial charge is 0.251 e. The lowest BCUT2D eigenvalue weighted by Crippen LogP contribution is -2.17. The maximum atomic E-state index is 11.4. The van der Waals surface area contributed by atoms with Gasteiger partial charge in [-0.25, -0.2) is 9.97 Å². The largest absolute Gasteiger partial charge is 0.365 e. The molecule has 1 aromatic carbocycles. The highest BCUT2D eigenvalue weighted by Gasteiger charge is 2.02. The fraction of sp³-hybridized carbons (Fsp3) is 0.143. The second kappa shape index (κ2) is 6.29. The Labute approximate surface area is 116 Å². The Morgan fingerprint density at radius 2 is 2.00 bits per heavy atom. The van der Waals surface area contributed by atoms with E-state index in [4.69, 9.17) is 5.26 Å². The first-order chi connectivity index (χ1) is 9.72. The topological polar surface area (TPSA) is 90.7 Å². The summed E-state index contributed by atoms with van der Waals surface area (Å²) >= 11 is 0. The van der Waals surface area contributed by atoms with Gasteiger partial charge in [-0.3, -0.25) is 4.79 Å². The van der Waals surface area contributed by atoms with Crippen LogP contribution in [0.15, 0.2) is 36.7 Å². The van der Waals surface area contributed by atoms with Crippen molar-refractivity contribution in [2.24, 2.45) is 0 Å². The van der Waals surface area contributed by atoms with Crippen molar-refractivity contribution in [1.82, 2.24) is 15.3 Å². The van der Waals surface area contributed by atoms with Gasteiger partial charge in [0.05, 0.1) is 12.4 Å². The number of amides is 1. The van der Waals surface area contributed by atoms with E-state index < -0.39 is 0 Å². The van der Waals surface area contributed by atoms with Crippen LogP contribution in [0.1, 0.15) is 21.6 Å². The lowest BCUT2D eigenvalue weighted by Gasteiger charge is -2.06. The van der Waals surface area contributed by atoms with E-state index in [1.165, 1.54) is 12.4 Å². The summed E-state index contributed by atoms with van der Waals surface area (Å²) < 4.78 is 0. The van der Waals surface area contributed by atoms with E-state index in [0.29, 0.717) is 17.9 Å². The molecular weight excluding hydrogens is 254 g/mol. The summed E-state index contributed by atoms with van der Waals surface area (Å²) in [6.07, 6.45) is 2.93. The molecule has 0 unspecified atom stereocenters. The molecule has 0 spiro atoms. The normalized spacial score (nSPS) is 9.60. The first-order valence-electron chi connectivity index (χ1n) is 6.00. The summed E-state index contributed by atoms with van der Waals surface area (Å²) in [4.78, 5) is 19.4. The van der Waals surface area contributed by atoms with E-state index in [-0.39, 0.29) is 11.6 Å². The van der Waals surface area contributed by atoms with Crippen molar-refractivity contribution in [2.45, 2.75) is 6.54 Å². The van der Waals surface area contributed by atoms with Crippen molar-refractivity contribution in [1.29, 1.82) is 5.26 Å². The van der Waals surface area contributed by atoms with Crippen LogP contribution in [0.25, 0.3) is 0 Å². The molecule has 6 heteroatoms. The molecule has 1 amide bonds. The van der Waals surface area contributed by atoms with Crippen LogP contribution in [0.2, 0.25) is 0 Å². The number of nitrogens with one attached hydrogen (secondary N) is 2. The van der Waals surface area contributed by atoms with Crippen molar-refractivity contribution >= 4 is 11.7 Å². The van der Waals surface area contributed by atoms with Crippen molar-refractivity contribution in [3.63, 3.8) is 0 Å². The maximum Gasteiger partial charge on any atom is 0.251 e. The summed E-state index contributed by atoms with van der Waals surface area (Å²) in [5.41, 5.74) is 1.92. The minimum absolute atomic E-state index is 0.109. The Bertz CT molecular complexity index is 628. The molecule has 0 fully saturated rings. The molecule has 6 nitrogen and oxygen atoms in total. The van der Waals surface area contributed by atoms with Crippen LogP contribution in [0.5, 0.6) is 0 Å². The summed E-state index contributed by atoms with van der Waals surface area (Å²) in [7, 11) is 1.60. The van der Waals surface area contributed by atoms with Crippen LogP contribution in [0.4, 0.5) is 5.82 Å². The van der Waals surface area contributed by atoms with E-state index in [9.17, 15) is 4.79 Å². The Morgan fingerprint density at radius 3 is 2.55 bits per heavy atom. The monoisotopic (exact) mass is 267 g/mol. The zero-order valence-corrected chi connectivity index (χ0v) is 10.9. The second-order valence-corrected chi connectivity index (χ2v) is 4.03. The van der Waals surface area contributed by atoms with Gasteiger partial charge in [0.15, 0.2) is 5.69 Å². The molecule has 1 heterocycles. The number of anilines is 1. The number of nitriles is 1. The number of hydrogen-bond donors (Lipinski definition) is 2. The van der Waals surface area contributed by atoms with Gasteiger partial charge in [0.25, 0.3) is 5.91 Å². The van der Waals surface area contributed by atoms with Gasteiger partial charge >= 0.3 is 0 Å². The highest BCUT2D eigenvalue weighted by molar-refractivity contribution is 5.93. The predicted octanol–water partition coefficient (Wildman–Crippen LogP) is 1.32. The lowest BCUT2D eigenvalue weighted by molar-refractivity contribution is 0.0963. The van der Waals surface area contributed by atoms with Crippen LogP contribution < -0.4 is 10.6 Å². The van der Waals surface area contributed by atoms with Gasteiger partial charge in [0.2, 0.25) is 0 Å². The quantitative estimate of drug-likeness (QED) is 0.871. The minimum Gasteiger partial charge on any atom is -0.365 e. The number of carbonyl (C=O) groups is 1. The zero-order valence-electron chi connectivity index (χ0n) is 10.9. The van der Waals surface area contributed by atoms with Gasteiger partial charge in [0.1, 0.15) is 11.9 Å². The van der Waals surface area contributed by atoms with Crippen molar-refractivity contribution < 1.29 is 4.79 Å². The van der Waals surface area contributed by atoms with Gasteiger partial charge in [0, 0.05) is 19.2 Å². The molecule has 0 atom stereocenters. The second-order valence-electron chi connectivity index (χ2n) is 4.03. The molecule has 0 bridgehead atoms. The molecule has 0 saturated carbocycles. The Kier molecular flexibility index (Phi) is 4.24. The van der Waals surface area contributed by atoms with E-state index in [1.54, 1.807) is 19.2 Å². The van der Waals surface area contributed by atoms with Crippen LogP contribution >= 0.6 is 0 Å². The molecule has 0 aliphatic heterocycles. The molecule has 20 heavy (non-hydrogen) atoms. The van der Waals surface area contributed by atoms with Crippen LogP contribution in [-0.4, -0.2) is 22.9 Å². The van der Waals surface area contributed by atoms with Crippen molar-refractivity contribution in [3.05, 3.63) is 53.5 Å². The fourth-order valence-corrected chi connectivity index (χ4v) is 1.59. The number of nitrogens with zero attached hydrogens (tertiary/aromatic N) is 3. The molecule has 2 aromatic rings. The number of benzene rings is 1. The van der Waals surface area contributed by atoms with E-state index in [1.807, 2.05) is 18.2 Å². The lowest BCUT2D eigenvalue weighted by atomic mass is 10.1. The summed E-state index contributed by atoms with van der Waals surface area (Å²) in [5.74, 6) is 0.488. The van der Waals surface area contributed by atoms with Gasteiger partial charge < -0.3 is 10.6 Å². The van der Waals surface area contributed by atoms with E-state index >= 15 is 0 Å². The average molecular weight is 267 g/mol. The third-order valence-electron chi connectivity index (χ3n) is 2.68. The van der Waals surface area contributed by atoms with Gasteiger partial charge in [-0.2, -0.15) is 5.26 Å². The van der Waals surface area contributed by atoms with Crippen molar-refractivity contribution in [2.75, 3.05) is 12.4 Å². The summed E-state index contributed by atoms with van der Waals surface area (Å²) in [6, 6.07) is 9.18. The highest BCUT2D eigenvalue weighted by atomic mass is 16.1. The minimum atomic E-state index is -0.109. The summed E-state index contributed by atoms with van der Waals surface area (Å²) in [5, 5.41) is 14.3. The molecule has 0 aliphatic carbocycles. The van der Waals surface area contributed by atoms with Crippen LogP contribution in [0, 0.1) is 11.3 Å². The third-order valence-corrected chi connectivity index (χ3v) is 2.68. The SMILES string of the molecule is CNC(=O)c1ccc(CNc2cnc(C#N)cn2)cc1. The Morgan fingerprint density at radius 1 is 1.25 bits per heavy atom. The average Bonchev–Trinajstić information content (AvgIpc) is 2.53. The van der Waals surface area contributed by atoms with Crippen molar-refractivity contribution in [3.8, 4) is 6.07 Å². The number of carbonyl (C=O) groups excluding carboxylic acids is 1. The summed E-state index contributed by atoms with van der Waals surface area (Å²) in [6.45, 7) is 0.564. The van der Waals surface area contributed by atoms with E-state index in [2.05, 4.69) is 20.6 Å². The van der Waals surface area contributed by atoms with E-state index in [0.717, 1.165) is 5.56 Å². The first kappa shape index (κ1) is 13.5. The number of hydrogen-bond acceptors (Lipinski definition) is 5. The molecular formula is C14H13N5O. The molecule has 0 aliphatic rings. The fourth-order valence-electron chi connectivity index (χ4n) is 1.59. The number of aromatic nitrogens is 2. The molecule has 0 radical (unpaired) electrons. The molecule has 0 saturated heterocycles. The predicted molar refractivity (Wildman–Crippen MR) is 73.9 cm³/mol. The highest BCUT2D eigenvalue weighted by Crippen LogP contribution is 2.07. The molecule has 1 aromatic heterocycles. The van der Waals surface area contributed by atoms with Crippen LogP contribution in [-0.2, 0) is 6.54 Å². The zero-order chi connectivity index (χ0) is 14.4. The Balaban J connectivity index is 1.96. The molecule has 2 N–H and O–H groups in total. The number of rotatable bonds is 4. The molecule has 2 rings (SSSR count).